The fourth-order valence-corrected chi connectivity index (χ4v) is 3.55. The van der Waals surface area contributed by atoms with Crippen molar-refractivity contribution in [3.05, 3.63) is 30.1 Å². The normalized spacial score (nSPS) is 23.2. The van der Waals surface area contributed by atoms with Crippen LogP contribution in [-0.2, 0) is 10.0 Å². The summed E-state index contributed by atoms with van der Waals surface area (Å²) in [5, 5.41) is 0. The van der Waals surface area contributed by atoms with E-state index in [9.17, 15) is 8.42 Å². The van der Waals surface area contributed by atoms with Crippen LogP contribution in [0, 0.1) is 5.92 Å². The molecule has 2 heterocycles. The lowest BCUT2D eigenvalue weighted by atomic mass is 9.90. The lowest BCUT2D eigenvalue weighted by Gasteiger charge is -2.32. The van der Waals surface area contributed by atoms with E-state index < -0.39 is 10.0 Å². The summed E-state index contributed by atoms with van der Waals surface area (Å²) in [5.41, 5.74) is 7.19. The van der Waals surface area contributed by atoms with Crippen LogP contribution in [-0.4, -0.2) is 37.1 Å². The number of sulfonamides is 1. The Kier molecular flexibility index (Phi) is 4.54. The first-order valence-electron chi connectivity index (χ1n) is 6.57. The van der Waals surface area contributed by atoms with Crippen molar-refractivity contribution < 1.29 is 8.42 Å². The van der Waals surface area contributed by atoms with Crippen molar-refractivity contribution in [2.75, 3.05) is 19.3 Å². The van der Waals surface area contributed by atoms with Crippen LogP contribution in [0.15, 0.2) is 24.5 Å². The molecular weight excluding hydrogens is 262 g/mol. The number of pyridine rings is 1. The van der Waals surface area contributed by atoms with Gasteiger partial charge in [-0.1, -0.05) is 6.07 Å². The minimum Gasteiger partial charge on any atom is -0.324 e. The van der Waals surface area contributed by atoms with E-state index in [4.69, 9.17) is 5.73 Å². The van der Waals surface area contributed by atoms with Crippen LogP contribution in [0.1, 0.15) is 30.9 Å². The zero-order valence-electron chi connectivity index (χ0n) is 11.2. The molecule has 0 bridgehead atoms. The molecule has 19 heavy (non-hydrogen) atoms. The van der Waals surface area contributed by atoms with E-state index in [0.717, 1.165) is 24.8 Å². The number of nitrogens with two attached hydrogens (primary N) is 1. The molecule has 2 unspecified atom stereocenters. The molecule has 2 atom stereocenters. The van der Waals surface area contributed by atoms with Crippen molar-refractivity contribution in [2.45, 2.75) is 25.3 Å². The molecule has 2 rings (SSSR count). The zero-order valence-corrected chi connectivity index (χ0v) is 12.0. The number of nitrogens with zero attached hydrogens (tertiary/aromatic N) is 2. The highest BCUT2D eigenvalue weighted by Crippen LogP contribution is 2.26. The molecule has 1 fully saturated rings. The highest BCUT2D eigenvalue weighted by Gasteiger charge is 2.27. The molecule has 0 aromatic carbocycles. The molecule has 1 saturated heterocycles. The minimum absolute atomic E-state index is 0.0711. The number of aromatic nitrogens is 1. The van der Waals surface area contributed by atoms with Crippen molar-refractivity contribution in [2.24, 2.45) is 11.7 Å². The molecule has 0 spiro atoms. The van der Waals surface area contributed by atoms with Crippen LogP contribution in [0.4, 0.5) is 0 Å². The maximum absolute atomic E-state index is 11.6. The molecule has 1 aliphatic rings. The molecule has 1 aromatic rings. The average molecular weight is 283 g/mol. The van der Waals surface area contributed by atoms with Crippen LogP contribution in [0.2, 0.25) is 0 Å². The molecule has 2 N–H and O–H groups in total. The predicted molar refractivity (Wildman–Crippen MR) is 74.9 cm³/mol. The summed E-state index contributed by atoms with van der Waals surface area (Å²) in [7, 11) is -3.08. The summed E-state index contributed by atoms with van der Waals surface area (Å²) in [4.78, 5) is 4.07. The molecule has 0 amide bonds. The van der Waals surface area contributed by atoms with Gasteiger partial charge in [0.25, 0.3) is 0 Å². The molecule has 1 aliphatic heterocycles. The molecule has 6 heteroatoms. The molecule has 0 radical (unpaired) electrons. The fraction of sp³-hybridized carbons (Fsp3) is 0.615. The number of hydrogen-bond donors (Lipinski definition) is 1. The van der Waals surface area contributed by atoms with Crippen LogP contribution in [0.5, 0.6) is 0 Å². The van der Waals surface area contributed by atoms with Gasteiger partial charge < -0.3 is 5.73 Å². The van der Waals surface area contributed by atoms with Crippen LogP contribution < -0.4 is 5.73 Å². The van der Waals surface area contributed by atoms with Gasteiger partial charge >= 0.3 is 0 Å². The van der Waals surface area contributed by atoms with Gasteiger partial charge in [0.2, 0.25) is 10.0 Å². The Bertz CT molecular complexity index is 504. The SMILES string of the molecule is CS(=O)(=O)N1CCCC(CC(N)c2cccnc2)C1. The van der Waals surface area contributed by atoms with Crippen LogP contribution in [0.25, 0.3) is 0 Å². The maximum atomic E-state index is 11.6. The van der Waals surface area contributed by atoms with E-state index >= 15 is 0 Å². The third-order valence-electron chi connectivity index (χ3n) is 3.65. The van der Waals surface area contributed by atoms with E-state index in [1.54, 1.807) is 16.7 Å². The monoisotopic (exact) mass is 283 g/mol. The Balaban J connectivity index is 1.96. The van der Waals surface area contributed by atoms with Crippen molar-refractivity contribution in [3.63, 3.8) is 0 Å². The van der Waals surface area contributed by atoms with E-state index in [1.807, 2.05) is 12.1 Å². The second-order valence-corrected chi connectivity index (χ2v) is 7.24. The molecule has 0 aliphatic carbocycles. The van der Waals surface area contributed by atoms with Crippen molar-refractivity contribution >= 4 is 10.0 Å². The quantitative estimate of drug-likeness (QED) is 0.899. The maximum Gasteiger partial charge on any atom is 0.211 e. The first kappa shape index (κ1) is 14.4. The second kappa shape index (κ2) is 5.98. The Labute approximate surface area is 114 Å². The van der Waals surface area contributed by atoms with Gasteiger partial charge in [0, 0.05) is 31.5 Å². The molecular formula is C13H21N3O2S. The van der Waals surface area contributed by atoms with E-state index in [-0.39, 0.29) is 6.04 Å². The molecule has 1 aromatic heterocycles. The third kappa shape index (κ3) is 3.99. The minimum atomic E-state index is -3.08. The van der Waals surface area contributed by atoms with Gasteiger partial charge in [0.1, 0.15) is 0 Å². The van der Waals surface area contributed by atoms with Gasteiger partial charge in [0.15, 0.2) is 0 Å². The molecule has 106 valence electrons. The average Bonchev–Trinajstić information content (AvgIpc) is 2.39. The number of rotatable bonds is 4. The number of hydrogen-bond acceptors (Lipinski definition) is 4. The molecule has 0 saturated carbocycles. The summed E-state index contributed by atoms with van der Waals surface area (Å²) < 4.78 is 24.7. The smallest absolute Gasteiger partial charge is 0.211 e. The van der Waals surface area contributed by atoms with E-state index in [1.165, 1.54) is 6.26 Å². The third-order valence-corrected chi connectivity index (χ3v) is 4.92. The Morgan fingerprint density at radius 1 is 1.58 bits per heavy atom. The van der Waals surface area contributed by atoms with Gasteiger partial charge in [0.05, 0.1) is 6.26 Å². The molecule has 5 nitrogen and oxygen atoms in total. The van der Waals surface area contributed by atoms with Gasteiger partial charge in [-0.3, -0.25) is 4.98 Å². The highest BCUT2D eigenvalue weighted by atomic mass is 32.2. The van der Waals surface area contributed by atoms with Crippen LogP contribution >= 0.6 is 0 Å². The zero-order chi connectivity index (χ0) is 13.9. The van der Waals surface area contributed by atoms with Crippen LogP contribution in [0.3, 0.4) is 0 Å². The Morgan fingerprint density at radius 2 is 2.37 bits per heavy atom. The van der Waals surface area contributed by atoms with Gasteiger partial charge in [-0.25, -0.2) is 12.7 Å². The number of piperidine rings is 1. The fourth-order valence-electron chi connectivity index (χ4n) is 2.61. The first-order valence-corrected chi connectivity index (χ1v) is 8.42. The van der Waals surface area contributed by atoms with Crippen molar-refractivity contribution in [1.82, 2.24) is 9.29 Å². The van der Waals surface area contributed by atoms with Crippen molar-refractivity contribution in [3.8, 4) is 0 Å². The predicted octanol–water partition coefficient (Wildman–Crippen LogP) is 1.14. The summed E-state index contributed by atoms with van der Waals surface area (Å²) >= 11 is 0. The van der Waals surface area contributed by atoms with Gasteiger partial charge in [-0.15, -0.1) is 0 Å². The first-order chi connectivity index (χ1) is 8.97. The summed E-state index contributed by atoms with van der Waals surface area (Å²) in [6.07, 6.45) is 7.54. The van der Waals surface area contributed by atoms with E-state index in [2.05, 4.69) is 4.98 Å². The highest BCUT2D eigenvalue weighted by molar-refractivity contribution is 7.88. The summed E-state index contributed by atoms with van der Waals surface area (Å²) in [6.45, 7) is 1.23. The second-order valence-electron chi connectivity index (χ2n) is 5.26. The lowest BCUT2D eigenvalue weighted by molar-refractivity contribution is 0.247. The summed E-state index contributed by atoms with van der Waals surface area (Å²) in [5.74, 6) is 0.332. The van der Waals surface area contributed by atoms with Gasteiger partial charge in [-0.05, 0) is 36.8 Å². The largest absolute Gasteiger partial charge is 0.324 e. The lowest BCUT2D eigenvalue weighted by Crippen LogP contribution is -2.40. The Morgan fingerprint density at radius 3 is 3.00 bits per heavy atom. The van der Waals surface area contributed by atoms with E-state index in [0.29, 0.717) is 19.0 Å². The van der Waals surface area contributed by atoms with Gasteiger partial charge in [-0.2, -0.15) is 0 Å². The topological polar surface area (TPSA) is 76.3 Å². The Hall–Kier alpha value is -0.980. The standard InChI is InChI=1S/C13H21N3O2S/c1-19(17,18)16-7-3-4-11(10-16)8-13(14)12-5-2-6-15-9-12/h2,5-6,9,11,13H,3-4,7-8,10,14H2,1H3. The van der Waals surface area contributed by atoms with Crippen molar-refractivity contribution in [1.29, 1.82) is 0 Å². The summed E-state index contributed by atoms with van der Waals surface area (Å²) in [6, 6.07) is 3.77.